The van der Waals surface area contributed by atoms with Gasteiger partial charge in [0.2, 0.25) is 0 Å². The molecule has 3 aromatic rings. The zero-order valence-electron chi connectivity index (χ0n) is 14.3. The van der Waals surface area contributed by atoms with Crippen LogP contribution in [0.4, 0.5) is 0 Å². The van der Waals surface area contributed by atoms with Crippen LogP contribution in [0.2, 0.25) is 0 Å². The highest BCUT2D eigenvalue weighted by Crippen LogP contribution is 2.33. The maximum atomic E-state index is 11.9. The van der Waals surface area contributed by atoms with Gasteiger partial charge < -0.3 is 4.42 Å². The molecule has 0 fully saturated rings. The van der Waals surface area contributed by atoms with Gasteiger partial charge in [0, 0.05) is 23.0 Å². The molecule has 7 heteroatoms. The number of aromatic nitrogens is 2. The van der Waals surface area contributed by atoms with Crippen molar-refractivity contribution in [2.24, 2.45) is 0 Å². The minimum absolute atomic E-state index is 0.313. The largest absolute Gasteiger partial charge is 0.422 e. The van der Waals surface area contributed by atoms with Crippen molar-refractivity contribution in [1.29, 1.82) is 0 Å². The van der Waals surface area contributed by atoms with Crippen LogP contribution in [0.1, 0.15) is 23.6 Å². The lowest BCUT2D eigenvalue weighted by Gasteiger charge is -2.08. The van der Waals surface area contributed by atoms with Crippen molar-refractivity contribution in [2.75, 3.05) is 5.75 Å². The van der Waals surface area contributed by atoms with Gasteiger partial charge in [-0.1, -0.05) is 59.1 Å². The highest BCUT2D eigenvalue weighted by atomic mass is 32.2. The molecular formula is C18H18N2O2S3. The minimum atomic E-state index is -0.313. The Morgan fingerprint density at radius 2 is 1.96 bits per heavy atom. The second-order valence-electron chi connectivity index (χ2n) is 5.84. The van der Waals surface area contributed by atoms with Gasteiger partial charge in [0.05, 0.1) is 0 Å². The van der Waals surface area contributed by atoms with Gasteiger partial charge in [0.1, 0.15) is 5.58 Å². The smallest absolute Gasteiger partial charge is 0.336 e. The van der Waals surface area contributed by atoms with E-state index >= 15 is 0 Å². The molecule has 0 spiro atoms. The molecule has 0 atom stereocenters. The van der Waals surface area contributed by atoms with E-state index in [0.29, 0.717) is 11.3 Å². The molecule has 25 heavy (non-hydrogen) atoms. The molecule has 0 amide bonds. The van der Waals surface area contributed by atoms with E-state index in [1.807, 2.05) is 26.8 Å². The summed E-state index contributed by atoms with van der Waals surface area (Å²) in [6.07, 6.45) is 0. The minimum Gasteiger partial charge on any atom is -0.422 e. The highest BCUT2D eigenvalue weighted by Gasteiger charge is 2.11. The maximum absolute atomic E-state index is 11.9. The van der Waals surface area contributed by atoms with Gasteiger partial charge in [-0.3, -0.25) is 0 Å². The number of hydrogen-bond donors (Lipinski definition) is 0. The number of thioether (sulfide) groups is 2. The lowest BCUT2D eigenvalue weighted by Crippen LogP contribution is -2.01. The SMILES string of the molecule is C=C(C)CSc1nnc(SCc2cc(=O)oc3c(C)c(C)ccc23)s1. The Hall–Kier alpha value is -1.57. The third-order valence-corrected chi connectivity index (χ3v) is 7.17. The number of rotatable bonds is 6. The van der Waals surface area contributed by atoms with E-state index < -0.39 is 0 Å². The first-order chi connectivity index (χ1) is 11.9. The van der Waals surface area contributed by atoms with Gasteiger partial charge in [-0.05, 0) is 37.5 Å². The molecule has 3 rings (SSSR count). The number of benzene rings is 1. The molecule has 2 aromatic heterocycles. The Morgan fingerprint density at radius 1 is 1.24 bits per heavy atom. The predicted octanol–water partition coefficient (Wildman–Crippen LogP) is 5.22. The van der Waals surface area contributed by atoms with Gasteiger partial charge in [0.15, 0.2) is 8.68 Å². The third-order valence-electron chi connectivity index (χ3n) is 3.70. The summed E-state index contributed by atoms with van der Waals surface area (Å²) in [7, 11) is 0. The van der Waals surface area contributed by atoms with E-state index in [9.17, 15) is 4.79 Å². The van der Waals surface area contributed by atoms with Gasteiger partial charge in [-0.15, -0.1) is 10.2 Å². The molecule has 0 aliphatic heterocycles. The first-order valence-corrected chi connectivity index (χ1v) is 10.5. The Labute approximate surface area is 158 Å². The second-order valence-corrected chi connectivity index (χ2v) is 9.27. The van der Waals surface area contributed by atoms with Crippen LogP contribution in [0, 0.1) is 13.8 Å². The molecule has 1 aromatic carbocycles. The van der Waals surface area contributed by atoms with Gasteiger partial charge in [-0.25, -0.2) is 4.79 Å². The van der Waals surface area contributed by atoms with Crippen molar-refractivity contribution in [1.82, 2.24) is 10.2 Å². The van der Waals surface area contributed by atoms with Gasteiger partial charge in [-0.2, -0.15) is 0 Å². The molecule has 0 N–H and O–H groups in total. The Balaban J connectivity index is 1.81. The Bertz CT molecular complexity index is 992. The van der Waals surface area contributed by atoms with E-state index in [0.717, 1.165) is 42.1 Å². The fourth-order valence-electron chi connectivity index (χ4n) is 2.28. The van der Waals surface area contributed by atoms with E-state index in [-0.39, 0.29) is 5.63 Å². The lowest BCUT2D eigenvalue weighted by molar-refractivity contribution is 0.557. The van der Waals surface area contributed by atoms with Crippen LogP contribution in [0.3, 0.4) is 0 Å². The lowest BCUT2D eigenvalue weighted by atomic mass is 10.0. The average Bonchev–Trinajstić information content (AvgIpc) is 3.02. The molecular weight excluding hydrogens is 372 g/mol. The topological polar surface area (TPSA) is 56.0 Å². The summed E-state index contributed by atoms with van der Waals surface area (Å²) in [5.74, 6) is 1.51. The fraction of sp³-hybridized carbons (Fsp3) is 0.278. The predicted molar refractivity (Wildman–Crippen MR) is 107 cm³/mol. The van der Waals surface area contributed by atoms with E-state index in [1.165, 1.54) is 0 Å². The number of nitrogens with zero attached hydrogens (tertiary/aromatic N) is 2. The number of fused-ring (bicyclic) bond motifs is 1. The summed E-state index contributed by atoms with van der Waals surface area (Å²) in [5.41, 5.74) is 4.57. The first-order valence-electron chi connectivity index (χ1n) is 7.70. The van der Waals surface area contributed by atoms with Crippen LogP contribution in [-0.2, 0) is 5.75 Å². The molecule has 2 heterocycles. The van der Waals surface area contributed by atoms with E-state index in [4.69, 9.17) is 4.42 Å². The molecule has 0 radical (unpaired) electrons. The Kier molecular flexibility index (Phi) is 5.66. The average molecular weight is 391 g/mol. The molecule has 0 unspecified atom stereocenters. The molecule has 0 aliphatic carbocycles. The molecule has 0 bridgehead atoms. The van der Waals surface area contributed by atoms with Crippen LogP contribution in [0.5, 0.6) is 0 Å². The standard InChI is InChI=1S/C18H18N2O2S3/c1-10(2)8-23-17-19-20-18(25-17)24-9-13-7-15(21)22-16-12(4)11(3)5-6-14(13)16/h5-7H,1,8-9H2,2-4H3. The van der Waals surface area contributed by atoms with Crippen molar-refractivity contribution in [3.8, 4) is 0 Å². The van der Waals surface area contributed by atoms with E-state index in [1.54, 1.807) is 40.9 Å². The van der Waals surface area contributed by atoms with Crippen LogP contribution in [0.15, 0.2) is 48.2 Å². The van der Waals surface area contributed by atoms with Crippen LogP contribution in [0.25, 0.3) is 11.0 Å². The number of aryl methyl sites for hydroxylation is 2. The summed E-state index contributed by atoms with van der Waals surface area (Å²) >= 11 is 4.81. The zero-order chi connectivity index (χ0) is 18.0. The Morgan fingerprint density at radius 3 is 2.68 bits per heavy atom. The highest BCUT2D eigenvalue weighted by molar-refractivity contribution is 8.03. The van der Waals surface area contributed by atoms with Gasteiger partial charge >= 0.3 is 5.63 Å². The zero-order valence-corrected chi connectivity index (χ0v) is 16.7. The summed E-state index contributed by atoms with van der Waals surface area (Å²) in [5, 5.41) is 9.40. The molecule has 0 saturated carbocycles. The molecule has 130 valence electrons. The van der Waals surface area contributed by atoms with Crippen molar-refractivity contribution >= 4 is 45.8 Å². The first kappa shape index (κ1) is 18.2. The molecule has 0 aliphatic rings. The quantitative estimate of drug-likeness (QED) is 0.327. The normalized spacial score (nSPS) is 11.2. The second kappa shape index (κ2) is 7.76. The van der Waals surface area contributed by atoms with E-state index in [2.05, 4.69) is 22.8 Å². The summed E-state index contributed by atoms with van der Waals surface area (Å²) in [6.45, 7) is 9.89. The summed E-state index contributed by atoms with van der Waals surface area (Å²) in [6, 6.07) is 5.65. The maximum Gasteiger partial charge on any atom is 0.336 e. The van der Waals surface area contributed by atoms with Crippen LogP contribution in [-0.4, -0.2) is 16.0 Å². The number of hydrogen-bond acceptors (Lipinski definition) is 7. The fourth-order valence-corrected chi connectivity index (χ4v) is 5.14. The third kappa shape index (κ3) is 4.34. The van der Waals surface area contributed by atoms with Crippen LogP contribution < -0.4 is 5.63 Å². The monoisotopic (exact) mass is 390 g/mol. The molecule has 0 saturated heterocycles. The summed E-state index contributed by atoms with van der Waals surface area (Å²) in [4.78, 5) is 11.9. The van der Waals surface area contributed by atoms with Crippen molar-refractivity contribution in [2.45, 2.75) is 35.2 Å². The van der Waals surface area contributed by atoms with Crippen molar-refractivity contribution in [3.05, 3.63) is 57.5 Å². The van der Waals surface area contributed by atoms with Crippen molar-refractivity contribution < 1.29 is 4.42 Å². The van der Waals surface area contributed by atoms with Gasteiger partial charge in [0.25, 0.3) is 0 Å². The summed E-state index contributed by atoms with van der Waals surface area (Å²) < 4.78 is 7.26. The van der Waals surface area contributed by atoms with Crippen LogP contribution >= 0.6 is 34.9 Å². The van der Waals surface area contributed by atoms with Crippen molar-refractivity contribution in [3.63, 3.8) is 0 Å². The molecule has 4 nitrogen and oxygen atoms in total.